The van der Waals surface area contributed by atoms with Crippen LogP contribution in [0, 0.1) is 28.3 Å². The molecule has 1 aromatic carbocycles. The Bertz CT molecular complexity index is 592. The molecule has 118 valence electrons. The average molecular weight is 307 g/mol. The first kappa shape index (κ1) is 16.0. The van der Waals surface area contributed by atoms with E-state index in [1.54, 1.807) is 0 Å². The Morgan fingerprint density at radius 1 is 1.41 bits per heavy atom. The second-order valence-corrected chi connectivity index (χ2v) is 5.02. The quantitative estimate of drug-likeness (QED) is 0.472. The van der Waals surface area contributed by atoms with Gasteiger partial charge < -0.3 is 9.64 Å². The summed E-state index contributed by atoms with van der Waals surface area (Å²) >= 11 is 0. The molecule has 22 heavy (non-hydrogen) atoms. The molecular weight excluding hydrogens is 289 g/mol. The van der Waals surface area contributed by atoms with Crippen molar-refractivity contribution in [3.8, 4) is 18.1 Å². The molecule has 7 heteroatoms. The zero-order valence-electron chi connectivity index (χ0n) is 12.4. The molecule has 0 aliphatic carbocycles. The molecule has 0 aromatic heterocycles. The number of ether oxygens (including phenoxy) is 1. The van der Waals surface area contributed by atoms with Gasteiger partial charge in [0, 0.05) is 45.2 Å². The lowest BCUT2D eigenvalue weighted by Crippen LogP contribution is -2.46. The first-order chi connectivity index (χ1) is 10.6. The van der Waals surface area contributed by atoms with Crippen LogP contribution in [0.25, 0.3) is 0 Å². The fourth-order valence-corrected chi connectivity index (χ4v) is 2.52. The van der Waals surface area contributed by atoms with Crippen LogP contribution in [0.1, 0.15) is 6.42 Å². The second-order valence-electron chi connectivity index (χ2n) is 5.02. The van der Waals surface area contributed by atoms with Gasteiger partial charge in [0.2, 0.25) is 0 Å². The van der Waals surface area contributed by atoms with Crippen LogP contribution in [-0.4, -0.2) is 49.7 Å². The van der Waals surface area contributed by atoms with E-state index in [2.05, 4.69) is 10.8 Å². The van der Waals surface area contributed by atoms with Gasteiger partial charge in [-0.1, -0.05) is 0 Å². The van der Waals surface area contributed by atoms with E-state index in [1.165, 1.54) is 13.2 Å². The molecule has 0 radical (unpaired) electrons. The molecule has 0 amide bonds. The van der Waals surface area contributed by atoms with E-state index in [9.17, 15) is 14.5 Å². The Kier molecular flexibility index (Phi) is 5.17. The van der Waals surface area contributed by atoms with Gasteiger partial charge in [0.15, 0.2) is 11.6 Å². The Balaban J connectivity index is 2.18. The van der Waals surface area contributed by atoms with Gasteiger partial charge in [-0.15, -0.1) is 12.3 Å². The van der Waals surface area contributed by atoms with E-state index in [1.807, 2.05) is 4.90 Å². The van der Waals surface area contributed by atoms with Crippen molar-refractivity contribution in [2.24, 2.45) is 0 Å². The number of methoxy groups -OCH3 is 1. The molecule has 6 nitrogen and oxygen atoms in total. The van der Waals surface area contributed by atoms with Gasteiger partial charge in [0.05, 0.1) is 18.1 Å². The molecule has 2 rings (SSSR count). The summed E-state index contributed by atoms with van der Waals surface area (Å²) in [5.74, 6) is 1.88. The number of hydrogen-bond donors (Lipinski definition) is 0. The molecular formula is C15H18FN3O3. The highest BCUT2D eigenvalue weighted by Gasteiger charge is 2.26. The minimum atomic E-state index is -0.731. The molecule has 0 spiro atoms. The van der Waals surface area contributed by atoms with Crippen LogP contribution < -0.4 is 9.64 Å². The summed E-state index contributed by atoms with van der Waals surface area (Å²) in [6.45, 7) is 3.59. The summed E-state index contributed by atoms with van der Waals surface area (Å²) in [5.41, 5.74) is 0.148. The van der Waals surface area contributed by atoms with Crippen molar-refractivity contribution in [1.82, 2.24) is 4.90 Å². The van der Waals surface area contributed by atoms with Crippen molar-refractivity contribution in [2.45, 2.75) is 6.42 Å². The van der Waals surface area contributed by atoms with Gasteiger partial charge in [0.25, 0.3) is 5.69 Å². The van der Waals surface area contributed by atoms with Crippen molar-refractivity contribution >= 4 is 11.4 Å². The number of rotatable bonds is 5. The number of benzene rings is 1. The topological polar surface area (TPSA) is 58.8 Å². The van der Waals surface area contributed by atoms with Gasteiger partial charge in [0.1, 0.15) is 5.69 Å². The standard InChI is InChI=1S/C15H18FN3O3/c1-3-4-5-17-6-8-18(9-7-17)13-11-15(22-2)12(16)10-14(13)19(20)21/h1,10-11H,4-9H2,2H3. The lowest BCUT2D eigenvalue weighted by Gasteiger charge is -2.35. The first-order valence-electron chi connectivity index (χ1n) is 6.99. The normalized spacial score (nSPS) is 15.4. The number of nitro benzene ring substituents is 1. The maximum Gasteiger partial charge on any atom is 0.295 e. The molecule has 0 bridgehead atoms. The Morgan fingerprint density at radius 2 is 2.09 bits per heavy atom. The molecule has 1 saturated heterocycles. The van der Waals surface area contributed by atoms with E-state index < -0.39 is 10.7 Å². The van der Waals surface area contributed by atoms with Crippen LogP contribution in [0.15, 0.2) is 12.1 Å². The third-order valence-corrected chi connectivity index (χ3v) is 3.73. The third-order valence-electron chi connectivity index (χ3n) is 3.73. The number of terminal acetylenes is 1. The summed E-state index contributed by atoms with van der Waals surface area (Å²) in [7, 11) is 1.34. The fourth-order valence-electron chi connectivity index (χ4n) is 2.52. The molecule has 0 unspecified atom stereocenters. The molecule has 1 fully saturated rings. The van der Waals surface area contributed by atoms with Crippen LogP contribution in [0.5, 0.6) is 5.75 Å². The highest BCUT2D eigenvalue weighted by molar-refractivity contribution is 5.66. The zero-order chi connectivity index (χ0) is 16.1. The number of nitrogens with zero attached hydrogens (tertiary/aromatic N) is 3. The van der Waals surface area contributed by atoms with E-state index in [-0.39, 0.29) is 11.4 Å². The molecule has 1 aliphatic heterocycles. The van der Waals surface area contributed by atoms with E-state index in [4.69, 9.17) is 11.2 Å². The monoisotopic (exact) mass is 307 g/mol. The minimum Gasteiger partial charge on any atom is -0.494 e. The van der Waals surface area contributed by atoms with E-state index >= 15 is 0 Å². The fraction of sp³-hybridized carbons (Fsp3) is 0.467. The summed E-state index contributed by atoms with van der Waals surface area (Å²) < 4.78 is 18.6. The molecule has 0 saturated carbocycles. The molecule has 0 atom stereocenters. The Labute approximate surface area is 128 Å². The predicted molar refractivity (Wildman–Crippen MR) is 81.7 cm³/mol. The minimum absolute atomic E-state index is 0.00959. The summed E-state index contributed by atoms with van der Waals surface area (Å²) in [6, 6.07) is 2.31. The lowest BCUT2D eigenvalue weighted by molar-refractivity contribution is -0.384. The van der Waals surface area contributed by atoms with Crippen LogP contribution >= 0.6 is 0 Å². The van der Waals surface area contributed by atoms with Crippen molar-refractivity contribution in [2.75, 3.05) is 44.7 Å². The number of anilines is 1. The van der Waals surface area contributed by atoms with Crippen LogP contribution in [0.3, 0.4) is 0 Å². The second kappa shape index (κ2) is 7.09. The van der Waals surface area contributed by atoms with Crippen molar-refractivity contribution in [1.29, 1.82) is 0 Å². The van der Waals surface area contributed by atoms with E-state index in [0.717, 1.165) is 25.7 Å². The van der Waals surface area contributed by atoms with Gasteiger partial charge in [-0.05, 0) is 0 Å². The summed E-state index contributed by atoms with van der Waals surface area (Å²) in [6.07, 6.45) is 5.94. The predicted octanol–water partition coefficient (Wildman–Crippen LogP) is 1.89. The molecule has 1 aliphatic rings. The van der Waals surface area contributed by atoms with Gasteiger partial charge in [-0.3, -0.25) is 15.0 Å². The van der Waals surface area contributed by atoms with Crippen molar-refractivity contribution in [3.63, 3.8) is 0 Å². The number of hydrogen-bond acceptors (Lipinski definition) is 5. The summed E-state index contributed by atoms with van der Waals surface area (Å²) in [4.78, 5) is 14.7. The van der Waals surface area contributed by atoms with Gasteiger partial charge in [-0.2, -0.15) is 0 Å². The highest BCUT2D eigenvalue weighted by Crippen LogP contribution is 2.34. The van der Waals surface area contributed by atoms with Crippen LogP contribution in [0.2, 0.25) is 0 Å². The highest BCUT2D eigenvalue weighted by atomic mass is 19.1. The first-order valence-corrected chi connectivity index (χ1v) is 6.99. The average Bonchev–Trinajstić information content (AvgIpc) is 2.53. The van der Waals surface area contributed by atoms with Crippen LogP contribution in [-0.2, 0) is 0 Å². The third kappa shape index (κ3) is 3.46. The number of piperazine rings is 1. The van der Waals surface area contributed by atoms with Gasteiger partial charge in [-0.25, -0.2) is 4.39 Å². The summed E-state index contributed by atoms with van der Waals surface area (Å²) in [5, 5.41) is 11.2. The molecule has 0 N–H and O–H groups in total. The smallest absolute Gasteiger partial charge is 0.295 e. The molecule has 1 aromatic rings. The largest absolute Gasteiger partial charge is 0.494 e. The Morgan fingerprint density at radius 3 is 2.64 bits per heavy atom. The lowest BCUT2D eigenvalue weighted by atomic mass is 10.2. The maximum absolute atomic E-state index is 13.7. The SMILES string of the molecule is C#CCCN1CCN(c2cc(OC)c(F)cc2[N+](=O)[O-])CC1. The van der Waals surface area contributed by atoms with E-state index in [0.29, 0.717) is 25.2 Å². The zero-order valence-corrected chi connectivity index (χ0v) is 12.4. The Hall–Kier alpha value is -2.33. The van der Waals surface area contributed by atoms with Crippen molar-refractivity contribution < 1.29 is 14.1 Å². The van der Waals surface area contributed by atoms with Crippen molar-refractivity contribution in [3.05, 3.63) is 28.1 Å². The maximum atomic E-state index is 13.7. The number of halogens is 1. The van der Waals surface area contributed by atoms with Crippen LogP contribution in [0.4, 0.5) is 15.8 Å². The number of nitro groups is 1. The van der Waals surface area contributed by atoms with Gasteiger partial charge >= 0.3 is 0 Å². The molecule has 1 heterocycles.